The molecule has 1 spiro atoms. The van der Waals surface area contributed by atoms with Gasteiger partial charge in [-0.05, 0) is 14.0 Å². The number of rotatable bonds is 1. The lowest BCUT2D eigenvalue weighted by Gasteiger charge is -2.45. The van der Waals surface area contributed by atoms with Gasteiger partial charge in [0, 0.05) is 19.5 Å². The Balaban J connectivity index is 2.12. The monoisotopic (exact) mass is 325 g/mol. The van der Waals surface area contributed by atoms with Gasteiger partial charge < -0.3 is 9.59 Å². The molecule has 0 amide bonds. The standard InChI is InChI=1S/C11H22IN2O/c1-11(15)7-10(8-12)14(9-11)5-3-13(2)4-6-14/h10,15H,3-9H2,1-2H3/q+1/t10-,11-/m0/s1. The minimum atomic E-state index is -0.425. The highest BCUT2D eigenvalue weighted by molar-refractivity contribution is 14.1. The van der Waals surface area contributed by atoms with Gasteiger partial charge in [0.2, 0.25) is 0 Å². The van der Waals surface area contributed by atoms with Gasteiger partial charge in [-0.15, -0.1) is 0 Å². The van der Waals surface area contributed by atoms with E-state index in [2.05, 4.69) is 34.5 Å². The summed E-state index contributed by atoms with van der Waals surface area (Å²) >= 11 is 2.48. The van der Waals surface area contributed by atoms with E-state index in [1.807, 2.05) is 6.92 Å². The summed E-state index contributed by atoms with van der Waals surface area (Å²) in [5.41, 5.74) is -0.425. The number of quaternary nitrogens is 1. The molecule has 0 aromatic heterocycles. The molecule has 0 bridgehead atoms. The topological polar surface area (TPSA) is 23.5 Å². The first-order chi connectivity index (χ1) is 6.97. The van der Waals surface area contributed by atoms with Gasteiger partial charge in [0.25, 0.3) is 0 Å². The Kier molecular flexibility index (Phi) is 3.32. The molecular weight excluding hydrogens is 303 g/mol. The minimum absolute atomic E-state index is 0.425. The minimum Gasteiger partial charge on any atom is -0.384 e. The van der Waals surface area contributed by atoms with Crippen LogP contribution >= 0.6 is 22.6 Å². The maximum atomic E-state index is 10.2. The summed E-state index contributed by atoms with van der Waals surface area (Å²) in [4.78, 5) is 2.40. The van der Waals surface area contributed by atoms with E-state index in [-0.39, 0.29) is 0 Å². The van der Waals surface area contributed by atoms with Crippen LogP contribution in [0.25, 0.3) is 0 Å². The fourth-order valence-electron chi connectivity index (χ4n) is 3.26. The second-order valence-electron chi connectivity index (χ2n) is 5.64. The van der Waals surface area contributed by atoms with E-state index in [1.54, 1.807) is 0 Å². The van der Waals surface area contributed by atoms with Crippen molar-refractivity contribution in [3.05, 3.63) is 0 Å². The van der Waals surface area contributed by atoms with Crippen molar-refractivity contribution in [2.45, 2.75) is 25.0 Å². The van der Waals surface area contributed by atoms with Gasteiger partial charge in [-0.2, -0.15) is 0 Å². The Hall–Kier alpha value is 0.610. The zero-order chi connectivity index (χ0) is 11.1. The second kappa shape index (κ2) is 4.13. The van der Waals surface area contributed by atoms with Crippen LogP contribution in [-0.4, -0.2) is 70.3 Å². The van der Waals surface area contributed by atoms with Crippen molar-refractivity contribution in [2.24, 2.45) is 0 Å². The van der Waals surface area contributed by atoms with E-state index in [4.69, 9.17) is 0 Å². The van der Waals surface area contributed by atoms with Gasteiger partial charge in [-0.3, -0.25) is 4.90 Å². The van der Waals surface area contributed by atoms with Gasteiger partial charge in [0.05, 0.1) is 17.5 Å². The van der Waals surface area contributed by atoms with E-state index in [0.717, 1.165) is 13.0 Å². The average Bonchev–Trinajstić information content (AvgIpc) is 2.43. The quantitative estimate of drug-likeness (QED) is 0.436. The largest absolute Gasteiger partial charge is 0.384 e. The molecule has 0 saturated carbocycles. The Labute approximate surface area is 106 Å². The maximum absolute atomic E-state index is 10.2. The number of hydrogen-bond donors (Lipinski definition) is 1. The Morgan fingerprint density at radius 1 is 1.47 bits per heavy atom. The molecule has 2 aliphatic heterocycles. The van der Waals surface area contributed by atoms with Crippen LogP contribution in [0.4, 0.5) is 0 Å². The van der Waals surface area contributed by atoms with Crippen LogP contribution in [0.3, 0.4) is 0 Å². The fourth-order valence-corrected chi connectivity index (χ4v) is 4.41. The molecule has 15 heavy (non-hydrogen) atoms. The molecule has 0 aromatic rings. The molecule has 2 heterocycles. The van der Waals surface area contributed by atoms with Gasteiger partial charge in [0.1, 0.15) is 18.2 Å². The Morgan fingerprint density at radius 2 is 2.07 bits per heavy atom. The van der Waals surface area contributed by atoms with Crippen molar-refractivity contribution in [1.82, 2.24) is 4.90 Å². The fraction of sp³-hybridized carbons (Fsp3) is 1.00. The zero-order valence-electron chi connectivity index (χ0n) is 9.75. The average molecular weight is 325 g/mol. The van der Waals surface area contributed by atoms with Crippen LogP contribution in [0.15, 0.2) is 0 Å². The summed E-state index contributed by atoms with van der Waals surface area (Å²) in [5, 5.41) is 10.2. The first-order valence-electron chi connectivity index (χ1n) is 5.80. The molecule has 1 N–H and O–H groups in total. The lowest BCUT2D eigenvalue weighted by Crippen LogP contribution is -2.62. The molecule has 4 heteroatoms. The van der Waals surface area contributed by atoms with Crippen LogP contribution in [0.1, 0.15) is 13.3 Å². The van der Waals surface area contributed by atoms with Crippen LogP contribution in [0.5, 0.6) is 0 Å². The second-order valence-corrected chi connectivity index (χ2v) is 6.52. The predicted octanol–water partition coefficient (Wildman–Crippen LogP) is 0.707. The molecule has 2 atom stereocenters. The molecular formula is C11H22IN2O+. The van der Waals surface area contributed by atoms with E-state index in [9.17, 15) is 5.11 Å². The number of hydrogen-bond acceptors (Lipinski definition) is 2. The molecule has 2 fully saturated rings. The van der Waals surface area contributed by atoms with Crippen LogP contribution < -0.4 is 0 Å². The number of piperazine rings is 1. The van der Waals surface area contributed by atoms with Gasteiger partial charge in [0.15, 0.2) is 0 Å². The van der Waals surface area contributed by atoms with Gasteiger partial charge in [-0.1, -0.05) is 22.6 Å². The third kappa shape index (κ3) is 2.33. The van der Waals surface area contributed by atoms with Crippen molar-refractivity contribution < 1.29 is 9.59 Å². The van der Waals surface area contributed by atoms with Gasteiger partial charge in [-0.25, -0.2) is 0 Å². The number of alkyl halides is 1. The lowest BCUT2D eigenvalue weighted by molar-refractivity contribution is -0.942. The van der Waals surface area contributed by atoms with Crippen LogP contribution in [0, 0.1) is 0 Å². The van der Waals surface area contributed by atoms with Crippen molar-refractivity contribution >= 4 is 22.6 Å². The summed E-state index contributed by atoms with van der Waals surface area (Å²) in [6.45, 7) is 7.79. The number of aliphatic hydroxyl groups is 1. The van der Waals surface area contributed by atoms with Gasteiger partial charge >= 0.3 is 0 Å². The highest BCUT2D eigenvalue weighted by atomic mass is 127. The predicted molar refractivity (Wildman–Crippen MR) is 70.3 cm³/mol. The lowest BCUT2D eigenvalue weighted by atomic mass is 10.0. The SMILES string of the molecule is CN1CC[N+]2(CC1)C[C@@](C)(O)C[C@H]2CI. The Bertz CT molecular complexity index is 237. The van der Waals surface area contributed by atoms with E-state index in [0.29, 0.717) is 6.04 Å². The summed E-state index contributed by atoms with van der Waals surface area (Å²) in [7, 11) is 2.20. The third-order valence-electron chi connectivity index (χ3n) is 4.14. The third-order valence-corrected chi connectivity index (χ3v) is 5.15. The number of likely N-dealkylation sites (N-methyl/N-ethyl adjacent to an activating group) is 1. The number of halogens is 1. The molecule has 0 aliphatic carbocycles. The van der Waals surface area contributed by atoms with E-state index < -0.39 is 5.60 Å². The molecule has 2 rings (SSSR count). The summed E-state index contributed by atoms with van der Waals surface area (Å²) in [5.74, 6) is 0. The van der Waals surface area contributed by atoms with Crippen LogP contribution in [0.2, 0.25) is 0 Å². The summed E-state index contributed by atoms with van der Waals surface area (Å²) in [6, 6.07) is 0.675. The molecule has 3 nitrogen and oxygen atoms in total. The highest BCUT2D eigenvalue weighted by Gasteiger charge is 2.52. The van der Waals surface area contributed by atoms with E-state index in [1.165, 1.54) is 35.1 Å². The molecule has 2 saturated heterocycles. The number of nitrogens with zero attached hydrogens (tertiary/aromatic N) is 2. The van der Waals surface area contributed by atoms with Crippen molar-refractivity contribution in [2.75, 3.05) is 44.2 Å². The van der Waals surface area contributed by atoms with Crippen molar-refractivity contribution in [3.8, 4) is 0 Å². The molecule has 0 radical (unpaired) electrons. The Morgan fingerprint density at radius 3 is 2.60 bits per heavy atom. The molecule has 0 aromatic carbocycles. The highest BCUT2D eigenvalue weighted by Crippen LogP contribution is 2.36. The first-order valence-corrected chi connectivity index (χ1v) is 7.33. The molecule has 0 unspecified atom stereocenters. The first kappa shape index (κ1) is 12.1. The van der Waals surface area contributed by atoms with Crippen molar-refractivity contribution in [3.63, 3.8) is 0 Å². The normalized spacial score (nSPS) is 41.2. The van der Waals surface area contributed by atoms with E-state index >= 15 is 0 Å². The van der Waals surface area contributed by atoms with Crippen molar-refractivity contribution in [1.29, 1.82) is 0 Å². The summed E-state index contributed by atoms with van der Waals surface area (Å²) < 4.78 is 2.35. The maximum Gasteiger partial charge on any atom is 0.116 e. The molecule has 2 aliphatic rings. The smallest absolute Gasteiger partial charge is 0.116 e. The van der Waals surface area contributed by atoms with Crippen LogP contribution in [-0.2, 0) is 0 Å². The summed E-state index contributed by atoms with van der Waals surface area (Å²) in [6.07, 6.45) is 0.986. The molecule has 88 valence electrons. The zero-order valence-corrected chi connectivity index (χ0v) is 11.9.